The van der Waals surface area contributed by atoms with Crippen LogP contribution in [0.15, 0.2) is 26.2 Å². The molecule has 1 unspecified atom stereocenters. The van der Waals surface area contributed by atoms with Crippen LogP contribution in [-0.4, -0.2) is 18.2 Å². The highest BCUT2D eigenvalue weighted by Crippen LogP contribution is 2.28. The molecule has 1 atom stereocenters. The van der Waals surface area contributed by atoms with Crippen molar-refractivity contribution in [2.75, 3.05) is 11.9 Å². The fourth-order valence-corrected chi connectivity index (χ4v) is 3.63. The summed E-state index contributed by atoms with van der Waals surface area (Å²) in [7, 11) is 0. The van der Waals surface area contributed by atoms with E-state index in [0.717, 1.165) is 32.3 Å². The second-order valence-electron chi connectivity index (χ2n) is 5.70. The van der Waals surface area contributed by atoms with Gasteiger partial charge in [0.1, 0.15) is 0 Å². The molecule has 1 aromatic rings. The van der Waals surface area contributed by atoms with Crippen LogP contribution in [0.25, 0.3) is 0 Å². The van der Waals surface area contributed by atoms with Crippen molar-refractivity contribution in [3.63, 3.8) is 0 Å². The minimum absolute atomic E-state index is 0.127. The van der Waals surface area contributed by atoms with E-state index in [0.29, 0.717) is 5.92 Å². The molecule has 0 spiro atoms. The number of benzene rings is 1. The molecule has 0 bridgehead atoms. The minimum Gasteiger partial charge on any atom is -0.376 e. The largest absolute Gasteiger partial charge is 0.376 e. The molecule has 120 valence electrons. The van der Waals surface area contributed by atoms with Crippen LogP contribution in [0, 0.1) is 12.8 Å². The summed E-state index contributed by atoms with van der Waals surface area (Å²) in [4.78, 5) is 11.9. The zero-order chi connectivity index (χ0) is 16.1. The summed E-state index contributed by atoms with van der Waals surface area (Å²) < 4.78 is 2.00. The first-order valence-corrected chi connectivity index (χ1v) is 9.10. The molecule has 22 heavy (non-hydrogen) atoms. The third-order valence-corrected chi connectivity index (χ3v) is 5.59. The Morgan fingerprint density at radius 2 is 2.00 bits per heavy atom. The van der Waals surface area contributed by atoms with Gasteiger partial charge in [0.2, 0.25) is 0 Å². The lowest BCUT2D eigenvalue weighted by molar-refractivity contribution is -0.119. The van der Waals surface area contributed by atoms with Gasteiger partial charge >= 0.3 is 0 Å². The van der Waals surface area contributed by atoms with E-state index in [4.69, 9.17) is 0 Å². The molecular formula is C16H21Br2N3O. The van der Waals surface area contributed by atoms with Crippen LogP contribution in [0.5, 0.6) is 0 Å². The quantitative estimate of drug-likeness (QED) is 0.685. The molecule has 0 heterocycles. The molecule has 1 aliphatic rings. The van der Waals surface area contributed by atoms with Gasteiger partial charge in [-0.25, -0.2) is 5.43 Å². The number of amides is 1. The number of nitrogens with one attached hydrogen (secondary N) is 2. The second kappa shape index (κ2) is 8.11. The number of carbonyl (C=O) groups is 1. The van der Waals surface area contributed by atoms with Gasteiger partial charge in [0.05, 0.1) is 6.54 Å². The van der Waals surface area contributed by atoms with Crippen molar-refractivity contribution >= 4 is 49.2 Å². The van der Waals surface area contributed by atoms with E-state index < -0.39 is 0 Å². The van der Waals surface area contributed by atoms with E-state index in [1.807, 2.05) is 19.1 Å². The molecule has 2 rings (SSSR count). The molecule has 0 saturated heterocycles. The highest BCUT2D eigenvalue weighted by molar-refractivity contribution is 9.11. The molecule has 0 aromatic heterocycles. The lowest BCUT2D eigenvalue weighted by Gasteiger charge is -2.19. The van der Waals surface area contributed by atoms with E-state index >= 15 is 0 Å². The summed E-state index contributed by atoms with van der Waals surface area (Å²) in [5.41, 5.74) is 5.79. The van der Waals surface area contributed by atoms with Gasteiger partial charge in [0, 0.05) is 20.3 Å². The molecule has 0 aliphatic heterocycles. The summed E-state index contributed by atoms with van der Waals surface area (Å²) >= 11 is 7.00. The smallest absolute Gasteiger partial charge is 0.259 e. The number of halogens is 2. The molecule has 1 saturated carbocycles. The number of rotatable bonds is 4. The van der Waals surface area contributed by atoms with Crippen LogP contribution in [0.2, 0.25) is 0 Å². The van der Waals surface area contributed by atoms with E-state index in [9.17, 15) is 4.79 Å². The first kappa shape index (κ1) is 17.5. The Labute approximate surface area is 148 Å². The predicted octanol–water partition coefficient (Wildman–Crippen LogP) is 4.61. The van der Waals surface area contributed by atoms with Crippen LogP contribution >= 0.6 is 31.9 Å². The van der Waals surface area contributed by atoms with Crippen LogP contribution in [-0.2, 0) is 4.79 Å². The average molecular weight is 431 g/mol. The maximum absolute atomic E-state index is 11.9. The van der Waals surface area contributed by atoms with Gasteiger partial charge in [-0.1, -0.05) is 45.2 Å². The first-order valence-electron chi connectivity index (χ1n) is 7.52. The van der Waals surface area contributed by atoms with Gasteiger partial charge in [-0.05, 0) is 49.8 Å². The van der Waals surface area contributed by atoms with Crippen molar-refractivity contribution in [2.45, 2.75) is 39.5 Å². The van der Waals surface area contributed by atoms with Crippen molar-refractivity contribution in [3.05, 3.63) is 26.6 Å². The normalized spacial score (nSPS) is 20.0. The van der Waals surface area contributed by atoms with Gasteiger partial charge in [-0.3, -0.25) is 4.79 Å². The van der Waals surface area contributed by atoms with Gasteiger partial charge < -0.3 is 5.32 Å². The topological polar surface area (TPSA) is 53.5 Å². The monoisotopic (exact) mass is 429 g/mol. The summed E-state index contributed by atoms with van der Waals surface area (Å²) in [5.74, 6) is 0.351. The summed E-state index contributed by atoms with van der Waals surface area (Å²) in [6.07, 6.45) is 4.58. The first-order chi connectivity index (χ1) is 10.5. The molecule has 6 heteroatoms. The van der Waals surface area contributed by atoms with Crippen molar-refractivity contribution in [3.8, 4) is 0 Å². The zero-order valence-electron chi connectivity index (χ0n) is 12.9. The van der Waals surface area contributed by atoms with Crippen LogP contribution < -0.4 is 10.7 Å². The number of hydrazone groups is 1. The van der Waals surface area contributed by atoms with Gasteiger partial charge in [-0.2, -0.15) is 5.10 Å². The van der Waals surface area contributed by atoms with Crippen LogP contribution in [0.3, 0.4) is 0 Å². The minimum atomic E-state index is -0.127. The summed E-state index contributed by atoms with van der Waals surface area (Å²) in [5, 5.41) is 7.40. The Kier molecular flexibility index (Phi) is 6.44. The Balaban J connectivity index is 1.86. The summed E-state index contributed by atoms with van der Waals surface area (Å²) in [6.45, 7) is 4.39. The van der Waals surface area contributed by atoms with Crippen molar-refractivity contribution in [1.82, 2.24) is 5.43 Å². The molecule has 1 aromatic carbocycles. The molecule has 1 amide bonds. The molecular weight excluding hydrogens is 410 g/mol. The van der Waals surface area contributed by atoms with Gasteiger partial charge in [-0.15, -0.1) is 0 Å². The molecule has 1 aliphatic carbocycles. The highest BCUT2D eigenvalue weighted by Gasteiger charge is 2.16. The van der Waals surface area contributed by atoms with Gasteiger partial charge in [0.25, 0.3) is 5.91 Å². The van der Waals surface area contributed by atoms with Crippen LogP contribution in [0.4, 0.5) is 5.69 Å². The number of anilines is 1. The SMILES string of the molecule is Cc1c(Br)cc(NCC(=O)N/N=C2/CCCCC2C)cc1Br. The fourth-order valence-electron chi connectivity index (χ4n) is 2.44. The standard InChI is InChI=1S/C16H21Br2N3O/c1-10-5-3-4-6-15(10)20-21-16(22)9-19-12-7-13(17)11(2)14(18)8-12/h7-8,10,19H,3-6,9H2,1-2H3,(H,21,22)/b20-15-. The Bertz CT molecular complexity index is 564. The van der Waals surface area contributed by atoms with E-state index in [1.54, 1.807) is 0 Å². The number of hydrogen-bond donors (Lipinski definition) is 2. The fraction of sp³-hybridized carbons (Fsp3) is 0.500. The summed E-state index contributed by atoms with van der Waals surface area (Å²) in [6, 6.07) is 3.92. The third kappa shape index (κ3) is 4.81. The lowest BCUT2D eigenvalue weighted by Crippen LogP contribution is -2.28. The average Bonchev–Trinajstić information content (AvgIpc) is 2.49. The Hall–Kier alpha value is -0.880. The molecule has 1 fully saturated rings. The zero-order valence-corrected chi connectivity index (χ0v) is 16.1. The maximum atomic E-state index is 11.9. The molecule has 2 N–H and O–H groups in total. The van der Waals surface area contributed by atoms with Crippen molar-refractivity contribution in [2.24, 2.45) is 11.0 Å². The maximum Gasteiger partial charge on any atom is 0.259 e. The lowest BCUT2D eigenvalue weighted by atomic mass is 9.89. The van der Waals surface area contributed by atoms with E-state index in [1.165, 1.54) is 19.3 Å². The Morgan fingerprint density at radius 1 is 1.32 bits per heavy atom. The predicted molar refractivity (Wildman–Crippen MR) is 98.3 cm³/mol. The number of hydrogen-bond acceptors (Lipinski definition) is 3. The highest BCUT2D eigenvalue weighted by atomic mass is 79.9. The van der Waals surface area contributed by atoms with Crippen molar-refractivity contribution in [1.29, 1.82) is 0 Å². The molecule has 0 radical (unpaired) electrons. The van der Waals surface area contributed by atoms with E-state index in [2.05, 4.69) is 54.6 Å². The van der Waals surface area contributed by atoms with Crippen molar-refractivity contribution < 1.29 is 4.79 Å². The third-order valence-electron chi connectivity index (χ3n) is 3.95. The van der Waals surface area contributed by atoms with Gasteiger partial charge in [0.15, 0.2) is 0 Å². The second-order valence-corrected chi connectivity index (χ2v) is 7.41. The van der Waals surface area contributed by atoms with Crippen LogP contribution in [0.1, 0.15) is 38.2 Å². The van der Waals surface area contributed by atoms with E-state index in [-0.39, 0.29) is 12.5 Å². The number of nitrogens with zero attached hydrogens (tertiary/aromatic N) is 1. The number of carbonyl (C=O) groups excluding carboxylic acids is 1. The molecule has 4 nitrogen and oxygen atoms in total. The Morgan fingerprint density at radius 3 is 2.64 bits per heavy atom.